The number of rotatable bonds is 2. The van der Waals surface area contributed by atoms with Gasteiger partial charge in [-0.2, -0.15) is 11.8 Å². The molecule has 1 nitrogen and oxygen atoms in total. The third kappa shape index (κ3) is 2.38. The molecule has 92 valence electrons. The fraction of sp³-hybridized carbons (Fsp3) is 0.600. The van der Waals surface area contributed by atoms with Gasteiger partial charge < -0.3 is 5.11 Å². The zero-order chi connectivity index (χ0) is 11.7. The van der Waals surface area contributed by atoms with Gasteiger partial charge in [-0.15, -0.1) is 0 Å². The summed E-state index contributed by atoms with van der Waals surface area (Å²) in [6.07, 6.45) is 5.00. The molecule has 3 rings (SSSR count). The Balaban J connectivity index is 1.76. The maximum atomic E-state index is 9.95. The van der Waals surface area contributed by atoms with Crippen molar-refractivity contribution in [1.29, 1.82) is 0 Å². The number of thioether (sulfide) groups is 1. The summed E-state index contributed by atoms with van der Waals surface area (Å²) < 4.78 is 0. The van der Waals surface area contributed by atoms with E-state index >= 15 is 0 Å². The summed E-state index contributed by atoms with van der Waals surface area (Å²) >= 11 is 1.91. The van der Waals surface area contributed by atoms with Gasteiger partial charge in [0.15, 0.2) is 0 Å². The van der Waals surface area contributed by atoms with Crippen LogP contribution in [0.15, 0.2) is 24.3 Å². The third-order valence-electron chi connectivity index (χ3n) is 4.25. The normalized spacial score (nSPS) is 32.4. The van der Waals surface area contributed by atoms with Crippen LogP contribution in [0.5, 0.6) is 0 Å². The molecule has 1 aromatic carbocycles. The number of aliphatic hydroxyl groups is 1. The number of aliphatic hydroxyl groups excluding tert-OH is 1. The summed E-state index contributed by atoms with van der Waals surface area (Å²) in [4.78, 5) is 0. The van der Waals surface area contributed by atoms with Crippen LogP contribution in [0, 0.1) is 5.92 Å². The molecule has 1 aromatic rings. The number of hydrogen-bond acceptors (Lipinski definition) is 2. The number of aryl methyl sites for hydroxylation is 1. The average Bonchev–Trinajstić information content (AvgIpc) is 2.76. The molecule has 1 saturated heterocycles. The predicted molar refractivity (Wildman–Crippen MR) is 73.6 cm³/mol. The highest BCUT2D eigenvalue weighted by Gasteiger charge is 2.30. The van der Waals surface area contributed by atoms with Crippen LogP contribution in [0.1, 0.15) is 36.3 Å². The maximum Gasteiger partial charge on any atom is 0.0666 e. The second-order valence-corrected chi connectivity index (χ2v) is 6.46. The minimum absolute atomic E-state index is 0.0610. The third-order valence-corrected chi connectivity index (χ3v) is 5.49. The van der Waals surface area contributed by atoms with Crippen LogP contribution in [-0.2, 0) is 6.42 Å². The monoisotopic (exact) mass is 248 g/mol. The second kappa shape index (κ2) is 5.03. The van der Waals surface area contributed by atoms with Crippen molar-refractivity contribution in [3.63, 3.8) is 0 Å². The van der Waals surface area contributed by atoms with Crippen molar-refractivity contribution in [1.82, 2.24) is 0 Å². The number of hydrogen-bond donors (Lipinski definition) is 1. The van der Waals surface area contributed by atoms with E-state index in [1.807, 2.05) is 11.8 Å². The smallest absolute Gasteiger partial charge is 0.0666 e. The predicted octanol–water partition coefficient (Wildman–Crippen LogP) is 3.22. The van der Waals surface area contributed by atoms with Crippen LogP contribution in [0.4, 0.5) is 0 Å². The van der Waals surface area contributed by atoms with Gasteiger partial charge in [0.05, 0.1) is 6.10 Å². The molecule has 0 amide bonds. The van der Waals surface area contributed by atoms with Gasteiger partial charge in [-0.1, -0.05) is 24.3 Å². The Kier molecular flexibility index (Phi) is 3.44. The Morgan fingerprint density at radius 2 is 2.12 bits per heavy atom. The first-order chi connectivity index (χ1) is 8.34. The van der Waals surface area contributed by atoms with Crippen molar-refractivity contribution >= 4 is 11.8 Å². The zero-order valence-corrected chi connectivity index (χ0v) is 11.0. The summed E-state index contributed by atoms with van der Waals surface area (Å²) in [6.45, 7) is 0. The largest absolute Gasteiger partial charge is 0.392 e. The van der Waals surface area contributed by atoms with Gasteiger partial charge in [0.2, 0.25) is 0 Å². The molecule has 1 N–H and O–H groups in total. The lowest BCUT2D eigenvalue weighted by molar-refractivity contribution is 0.138. The summed E-state index contributed by atoms with van der Waals surface area (Å²) in [5.41, 5.74) is 3.10. The first-order valence-corrected chi connectivity index (χ1v) is 7.83. The molecular weight excluding hydrogens is 228 g/mol. The van der Waals surface area contributed by atoms with E-state index in [2.05, 4.69) is 24.3 Å². The molecule has 1 aliphatic carbocycles. The first kappa shape index (κ1) is 11.6. The Morgan fingerprint density at radius 1 is 1.24 bits per heavy atom. The molecule has 2 heteroatoms. The molecule has 1 aliphatic heterocycles. The van der Waals surface area contributed by atoms with Crippen molar-refractivity contribution < 1.29 is 5.11 Å². The highest BCUT2D eigenvalue weighted by Crippen LogP contribution is 2.39. The maximum absolute atomic E-state index is 9.95. The minimum atomic E-state index is -0.0610. The van der Waals surface area contributed by atoms with Crippen molar-refractivity contribution in [3.05, 3.63) is 35.4 Å². The Hall–Kier alpha value is -0.470. The van der Waals surface area contributed by atoms with Crippen molar-refractivity contribution in [2.45, 2.75) is 37.7 Å². The van der Waals surface area contributed by atoms with Crippen LogP contribution in [0.2, 0.25) is 0 Å². The van der Waals surface area contributed by atoms with Gasteiger partial charge in [0.1, 0.15) is 0 Å². The fourth-order valence-electron chi connectivity index (χ4n) is 3.28. The SMILES string of the molecule is OC1CSCC1CC1CCCc2ccccc21. The van der Waals surface area contributed by atoms with E-state index in [4.69, 9.17) is 0 Å². The zero-order valence-electron chi connectivity index (χ0n) is 10.1. The Bertz CT molecular complexity index is 390. The van der Waals surface area contributed by atoms with Crippen molar-refractivity contribution in [3.8, 4) is 0 Å². The summed E-state index contributed by atoms with van der Waals surface area (Å²) in [5, 5.41) is 9.95. The Morgan fingerprint density at radius 3 is 2.94 bits per heavy atom. The van der Waals surface area contributed by atoms with E-state index in [1.54, 1.807) is 11.1 Å². The molecule has 0 radical (unpaired) electrons. The molecule has 1 fully saturated rings. The van der Waals surface area contributed by atoms with E-state index < -0.39 is 0 Å². The molecular formula is C15H20OS. The lowest BCUT2D eigenvalue weighted by Gasteiger charge is -2.28. The first-order valence-electron chi connectivity index (χ1n) is 6.68. The van der Waals surface area contributed by atoms with Crippen LogP contribution < -0.4 is 0 Å². The minimum Gasteiger partial charge on any atom is -0.392 e. The Labute approximate surface area is 108 Å². The van der Waals surface area contributed by atoms with E-state index in [0.29, 0.717) is 11.8 Å². The molecule has 3 atom stereocenters. The van der Waals surface area contributed by atoms with E-state index in [9.17, 15) is 5.11 Å². The molecule has 0 spiro atoms. The van der Waals surface area contributed by atoms with Gasteiger partial charge in [0, 0.05) is 5.75 Å². The van der Waals surface area contributed by atoms with Crippen LogP contribution >= 0.6 is 11.8 Å². The van der Waals surface area contributed by atoms with Crippen LogP contribution in [0.25, 0.3) is 0 Å². The van der Waals surface area contributed by atoms with E-state index in [1.165, 1.54) is 25.7 Å². The molecule has 0 bridgehead atoms. The van der Waals surface area contributed by atoms with Crippen LogP contribution in [-0.4, -0.2) is 22.7 Å². The molecule has 3 unspecified atom stereocenters. The quantitative estimate of drug-likeness (QED) is 0.867. The van der Waals surface area contributed by atoms with Crippen molar-refractivity contribution in [2.75, 3.05) is 11.5 Å². The fourth-order valence-corrected chi connectivity index (χ4v) is 4.59. The topological polar surface area (TPSA) is 20.2 Å². The summed E-state index contributed by atoms with van der Waals surface area (Å²) in [5.74, 6) is 3.31. The summed E-state index contributed by atoms with van der Waals surface area (Å²) in [7, 11) is 0. The highest BCUT2D eigenvalue weighted by molar-refractivity contribution is 7.99. The average molecular weight is 248 g/mol. The van der Waals surface area contributed by atoms with Gasteiger partial charge in [0.25, 0.3) is 0 Å². The van der Waals surface area contributed by atoms with E-state index in [-0.39, 0.29) is 6.10 Å². The molecule has 1 heterocycles. The highest BCUT2D eigenvalue weighted by atomic mass is 32.2. The van der Waals surface area contributed by atoms with Gasteiger partial charge in [-0.05, 0) is 54.4 Å². The van der Waals surface area contributed by atoms with E-state index in [0.717, 1.165) is 11.5 Å². The molecule has 17 heavy (non-hydrogen) atoms. The standard InChI is InChI=1S/C15H20OS/c16-15-10-17-9-13(15)8-12-6-3-5-11-4-1-2-7-14(11)12/h1-2,4,7,12-13,15-16H,3,5-6,8-10H2. The second-order valence-electron chi connectivity index (χ2n) is 5.39. The van der Waals surface area contributed by atoms with Crippen LogP contribution in [0.3, 0.4) is 0 Å². The lowest BCUT2D eigenvalue weighted by atomic mass is 9.78. The molecule has 0 saturated carbocycles. The number of fused-ring (bicyclic) bond motifs is 1. The van der Waals surface area contributed by atoms with Gasteiger partial charge in [-0.3, -0.25) is 0 Å². The molecule has 2 aliphatic rings. The van der Waals surface area contributed by atoms with Gasteiger partial charge >= 0.3 is 0 Å². The van der Waals surface area contributed by atoms with Crippen molar-refractivity contribution in [2.24, 2.45) is 5.92 Å². The lowest BCUT2D eigenvalue weighted by Crippen LogP contribution is -2.22. The number of benzene rings is 1. The van der Waals surface area contributed by atoms with Gasteiger partial charge in [-0.25, -0.2) is 0 Å². The molecule has 0 aromatic heterocycles. The summed E-state index contributed by atoms with van der Waals surface area (Å²) in [6, 6.07) is 8.90.